The monoisotopic (exact) mass is 250 g/mol. The van der Waals surface area contributed by atoms with Gasteiger partial charge in [0, 0.05) is 25.6 Å². The molecule has 1 aromatic rings. The van der Waals surface area contributed by atoms with Crippen LogP contribution in [0.3, 0.4) is 0 Å². The average molecular weight is 250 g/mol. The number of amides is 1. The summed E-state index contributed by atoms with van der Waals surface area (Å²) in [4.78, 5) is 11.4. The number of β-amino-alcohol motifs (C(OH)–C–C–N with tert-alkyl or cyclic N) is 1. The highest BCUT2D eigenvalue weighted by Gasteiger charge is 2.25. The predicted octanol–water partition coefficient (Wildman–Crippen LogP) is 0.493. The zero-order chi connectivity index (χ0) is 12.8. The molecule has 1 aliphatic heterocycles. The highest BCUT2D eigenvalue weighted by molar-refractivity contribution is 5.67. The Balaban J connectivity index is 1.66. The Morgan fingerprint density at radius 1 is 1.39 bits per heavy atom. The third kappa shape index (κ3) is 3.72. The second kappa shape index (κ2) is 6.37. The summed E-state index contributed by atoms with van der Waals surface area (Å²) in [6.07, 6.45) is -0.870. The molecule has 1 aromatic carbocycles. The van der Waals surface area contributed by atoms with E-state index >= 15 is 0 Å². The van der Waals surface area contributed by atoms with Crippen molar-refractivity contribution in [3.8, 4) is 0 Å². The van der Waals surface area contributed by atoms with Gasteiger partial charge in [0.25, 0.3) is 0 Å². The number of hydrogen-bond donors (Lipinski definition) is 3. The molecule has 3 N–H and O–H groups in total. The molecule has 18 heavy (non-hydrogen) atoms. The van der Waals surface area contributed by atoms with Crippen LogP contribution in [0.15, 0.2) is 30.3 Å². The van der Waals surface area contributed by atoms with Gasteiger partial charge in [-0.05, 0) is 5.56 Å². The molecule has 0 unspecified atom stereocenters. The molecule has 1 saturated heterocycles. The number of rotatable bonds is 4. The van der Waals surface area contributed by atoms with Crippen molar-refractivity contribution in [1.82, 2.24) is 10.6 Å². The Morgan fingerprint density at radius 2 is 2.17 bits per heavy atom. The Morgan fingerprint density at radius 3 is 2.83 bits per heavy atom. The van der Waals surface area contributed by atoms with E-state index in [0.717, 1.165) is 5.56 Å². The normalized spacial score (nSPS) is 22.7. The van der Waals surface area contributed by atoms with Gasteiger partial charge in [0.05, 0.1) is 12.7 Å². The van der Waals surface area contributed by atoms with E-state index < -0.39 is 12.2 Å². The van der Waals surface area contributed by atoms with Crippen LogP contribution in [0.4, 0.5) is 4.79 Å². The number of carbonyl (C=O) groups excluding carboxylic acids is 1. The molecule has 1 heterocycles. The molecule has 2 rings (SSSR count). The summed E-state index contributed by atoms with van der Waals surface area (Å²) in [6, 6.07) is 9.64. The van der Waals surface area contributed by atoms with Crippen LogP contribution in [0.2, 0.25) is 0 Å². The van der Waals surface area contributed by atoms with Crippen LogP contribution in [0.25, 0.3) is 0 Å². The number of aliphatic hydroxyl groups is 1. The molecule has 1 amide bonds. The SMILES string of the molecule is O=C(NCc1ccccc1)OC[C@H]1CNC[C@H]1O. The lowest BCUT2D eigenvalue weighted by Gasteiger charge is -2.13. The van der Waals surface area contributed by atoms with Crippen molar-refractivity contribution in [1.29, 1.82) is 0 Å². The number of nitrogens with one attached hydrogen (secondary N) is 2. The van der Waals surface area contributed by atoms with E-state index in [4.69, 9.17) is 4.74 Å². The maximum Gasteiger partial charge on any atom is 0.407 e. The first-order valence-electron chi connectivity index (χ1n) is 6.09. The van der Waals surface area contributed by atoms with Crippen LogP contribution in [0.1, 0.15) is 5.56 Å². The molecule has 98 valence electrons. The lowest BCUT2D eigenvalue weighted by Crippen LogP contribution is -2.29. The minimum Gasteiger partial charge on any atom is -0.449 e. The van der Waals surface area contributed by atoms with Gasteiger partial charge in [0.1, 0.15) is 0 Å². The van der Waals surface area contributed by atoms with Gasteiger partial charge in [-0.25, -0.2) is 4.79 Å². The fraction of sp³-hybridized carbons (Fsp3) is 0.462. The van der Waals surface area contributed by atoms with Crippen LogP contribution in [0, 0.1) is 5.92 Å². The van der Waals surface area contributed by atoms with Crippen molar-refractivity contribution in [3.05, 3.63) is 35.9 Å². The minimum atomic E-state index is -0.446. The first kappa shape index (κ1) is 12.9. The van der Waals surface area contributed by atoms with E-state index in [9.17, 15) is 9.90 Å². The summed E-state index contributed by atoms with van der Waals surface area (Å²) < 4.78 is 5.07. The molecule has 5 nitrogen and oxygen atoms in total. The molecule has 0 bridgehead atoms. The van der Waals surface area contributed by atoms with Gasteiger partial charge in [0.15, 0.2) is 0 Å². The van der Waals surface area contributed by atoms with Crippen molar-refractivity contribution in [3.63, 3.8) is 0 Å². The van der Waals surface area contributed by atoms with Crippen LogP contribution in [0.5, 0.6) is 0 Å². The summed E-state index contributed by atoms with van der Waals surface area (Å²) >= 11 is 0. The number of aliphatic hydroxyl groups excluding tert-OH is 1. The summed E-state index contributed by atoms with van der Waals surface area (Å²) in [6.45, 7) is 1.95. The van der Waals surface area contributed by atoms with Gasteiger partial charge in [-0.3, -0.25) is 0 Å². The molecule has 1 fully saturated rings. The lowest BCUT2D eigenvalue weighted by molar-refractivity contribution is 0.0805. The maximum atomic E-state index is 11.4. The van der Waals surface area contributed by atoms with Crippen molar-refractivity contribution in [2.45, 2.75) is 12.6 Å². The van der Waals surface area contributed by atoms with Crippen molar-refractivity contribution in [2.24, 2.45) is 5.92 Å². The largest absolute Gasteiger partial charge is 0.449 e. The minimum absolute atomic E-state index is 0.00697. The predicted molar refractivity (Wildman–Crippen MR) is 67.0 cm³/mol. The Bertz CT molecular complexity index is 383. The second-order valence-corrected chi connectivity index (χ2v) is 4.42. The highest BCUT2D eigenvalue weighted by Crippen LogP contribution is 2.09. The van der Waals surface area contributed by atoms with Gasteiger partial charge in [0.2, 0.25) is 0 Å². The van der Waals surface area contributed by atoms with E-state index in [-0.39, 0.29) is 12.5 Å². The van der Waals surface area contributed by atoms with Gasteiger partial charge in [-0.2, -0.15) is 0 Å². The van der Waals surface area contributed by atoms with E-state index in [1.54, 1.807) is 0 Å². The van der Waals surface area contributed by atoms with Gasteiger partial charge in [-0.15, -0.1) is 0 Å². The molecular formula is C13H18N2O3. The first-order chi connectivity index (χ1) is 8.75. The first-order valence-corrected chi connectivity index (χ1v) is 6.09. The fourth-order valence-corrected chi connectivity index (χ4v) is 1.89. The Kier molecular flexibility index (Phi) is 4.55. The number of hydrogen-bond acceptors (Lipinski definition) is 4. The molecular weight excluding hydrogens is 232 g/mol. The summed E-state index contributed by atoms with van der Waals surface area (Å²) in [5, 5.41) is 15.3. The molecule has 5 heteroatoms. The van der Waals surface area contributed by atoms with Gasteiger partial charge in [-0.1, -0.05) is 30.3 Å². The zero-order valence-electron chi connectivity index (χ0n) is 10.1. The zero-order valence-corrected chi connectivity index (χ0v) is 10.1. The smallest absolute Gasteiger partial charge is 0.407 e. The molecule has 0 radical (unpaired) electrons. The highest BCUT2D eigenvalue weighted by atomic mass is 16.5. The third-order valence-electron chi connectivity index (χ3n) is 3.01. The summed E-state index contributed by atoms with van der Waals surface area (Å²) in [7, 11) is 0. The Labute approximate surface area is 106 Å². The fourth-order valence-electron chi connectivity index (χ4n) is 1.89. The van der Waals surface area contributed by atoms with E-state index in [2.05, 4.69) is 10.6 Å². The van der Waals surface area contributed by atoms with Crippen molar-refractivity contribution < 1.29 is 14.6 Å². The average Bonchev–Trinajstić information content (AvgIpc) is 2.81. The number of benzene rings is 1. The molecule has 0 spiro atoms. The van der Waals surface area contributed by atoms with Gasteiger partial charge < -0.3 is 20.5 Å². The summed E-state index contributed by atoms with van der Waals surface area (Å²) in [5.74, 6) is -0.00697. The van der Waals surface area contributed by atoms with Gasteiger partial charge >= 0.3 is 6.09 Å². The van der Waals surface area contributed by atoms with Crippen molar-refractivity contribution in [2.75, 3.05) is 19.7 Å². The lowest BCUT2D eigenvalue weighted by atomic mass is 10.1. The number of ether oxygens (including phenoxy) is 1. The standard InChI is InChI=1S/C13H18N2O3/c16-12-8-14-7-11(12)9-18-13(17)15-6-10-4-2-1-3-5-10/h1-5,11-12,14,16H,6-9H2,(H,15,17)/t11-,12-/m1/s1. The molecule has 0 aliphatic carbocycles. The molecule has 1 aliphatic rings. The van der Waals surface area contributed by atoms with E-state index in [1.165, 1.54) is 0 Å². The third-order valence-corrected chi connectivity index (χ3v) is 3.01. The number of alkyl carbamates (subject to hydrolysis) is 1. The number of carbonyl (C=O) groups is 1. The quantitative estimate of drug-likeness (QED) is 0.727. The second-order valence-electron chi connectivity index (χ2n) is 4.42. The van der Waals surface area contributed by atoms with Crippen LogP contribution in [-0.2, 0) is 11.3 Å². The van der Waals surface area contributed by atoms with Crippen molar-refractivity contribution >= 4 is 6.09 Å². The Hall–Kier alpha value is -1.59. The summed E-state index contributed by atoms with van der Waals surface area (Å²) in [5.41, 5.74) is 1.03. The van der Waals surface area contributed by atoms with Crippen LogP contribution >= 0.6 is 0 Å². The molecule has 2 atom stereocenters. The molecule has 0 aromatic heterocycles. The van der Waals surface area contributed by atoms with E-state index in [1.807, 2.05) is 30.3 Å². The van der Waals surface area contributed by atoms with E-state index in [0.29, 0.717) is 19.6 Å². The van der Waals surface area contributed by atoms with Crippen LogP contribution < -0.4 is 10.6 Å². The molecule has 0 saturated carbocycles. The van der Waals surface area contributed by atoms with Crippen LogP contribution in [-0.4, -0.2) is 37.0 Å². The topological polar surface area (TPSA) is 70.6 Å². The maximum absolute atomic E-state index is 11.4.